The molecule has 4 heteroatoms. The van der Waals surface area contributed by atoms with Gasteiger partial charge in [-0.25, -0.2) is 0 Å². The predicted octanol–water partition coefficient (Wildman–Crippen LogP) is 1.85. The summed E-state index contributed by atoms with van der Waals surface area (Å²) < 4.78 is 5.58. The van der Waals surface area contributed by atoms with Crippen LogP contribution in [0, 0.1) is 11.3 Å². The topological polar surface area (TPSA) is 53.3 Å². The maximum atomic E-state index is 12.1. The minimum absolute atomic E-state index is 0.0810. The first-order valence-electron chi connectivity index (χ1n) is 6.62. The normalized spacial score (nSPS) is 29.7. The molecule has 0 aliphatic carbocycles. The molecule has 2 unspecified atom stereocenters. The molecule has 0 spiro atoms. The number of nitrogens with zero attached hydrogens (tertiary/aromatic N) is 2. The molecule has 0 aromatic carbocycles. The Kier molecular flexibility index (Phi) is 4.38. The molecule has 17 heavy (non-hydrogen) atoms. The lowest BCUT2D eigenvalue weighted by atomic mass is 10.0. The number of ether oxygens (including phenoxy) is 1. The first-order chi connectivity index (χ1) is 8.31. The summed E-state index contributed by atoms with van der Waals surface area (Å²) in [5.41, 5.74) is 0. The fraction of sp³-hybridized carbons (Fsp3) is 0.846. The molecule has 2 atom stereocenters. The van der Waals surface area contributed by atoms with Gasteiger partial charge in [0.15, 0.2) is 0 Å². The Labute approximate surface area is 103 Å². The van der Waals surface area contributed by atoms with Crippen molar-refractivity contribution in [3.63, 3.8) is 0 Å². The average Bonchev–Trinajstić information content (AvgIpc) is 2.40. The van der Waals surface area contributed by atoms with Crippen LogP contribution in [0.15, 0.2) is 0 Å². The third kappa shape index (κ3) is 3.19. The van der Waals surface area contributed by atoms with Crippen LogP contribution in [-0.2, 0) is 9.53 Å². The summed E-state index contributed by atoms with van der Waals surface area (Å²) in [6, 6.07) is 2.03. The second-order valence-corrected chi connectivity index (χ2v) is 4.92. The molecule has 0 N–H and O–H groups in total. The molecule has 0 bridgehead atoms. The van der Waals surface area contributed by atoms with Crippen molar-refractivity contribution in [1.82, 2.24) is 4.90 Å². The van der Waals surface area contributed by atoms with Crippen molar-refractivity contribution in [2.24, 2.45) is 0 Å². The van der Waals surface area contributed by atoms with Crippen LogP contribution in [0.5, 0.6) is 0 Å². The van der Waals surface area contributed by atoms with E-state index in [2.05, 4.69) is 6.07 Å². The van der Waals surface area contributed by atoms with E-state index in [-0.39, 0.29) is 18.1 Å². The van der Waals surface area contributed by atoms with E-state index >= 15 is 0 Å². The van der Waals surface area contributed by atoms with Gasteiger partial charge in [0.05, 0.1) is 18.6 Å². The molecule has 2 rings (SSSR count). The molecule has 2 heterocycles. The van der Waals surface area contributed by atoms with E-state index in [0.29, 0.717) is 6.42 Å². The molecule has 0 aromatic heterocycles. The summed E-state index contributed by atoms with van der Waals surface area (Å²) in [5.74, 6) is 0.100. The highest BCUT2D eigenvalue weighted by Gasteiger charge is 2.28. The fourth-order valence-corrected chi connectivity index (χ4v) is 2.64. The van der Waals surface area contributed by atoms with Gasteiger partial charge in [0.1, 0.15) is 6.04 Å². The van der Waals surface area contributed by atoms with Crippen LogP contribution in [0.2, 0.25) is 0 Å². The van der Waals surface area contributed by atoms with Crippen LogP contribution in [0.4, 0.5) is 0 Å². The number of hydrogen-bond donors (Lipinski definition) is 0. The highest BCUT2D eigenvalue weighted by atomic mass is 16.5. The Morgan fingerprint density at radius 3 is 2.82 bits per heavy atom. The number of carbonyl (C=O) groups excluding carboxylic acids is 1. The fourth-order valence-electron chi connectivity index (χ4n) is 2.64. The van der Waals surface area contributed by atoms with Crippen LogP contribution in [0.25, 0.3) is 0 Å². The number of rotatable bonds is 2. The first kappa shape index (κ1) is 12.4. The van der Waals surface area contributed by atoms with E-state index in [4.69, 9.17) is 10.00 Å². The van der Waals surface area contributed by atoms with Gasteiger partial charge in [-0.1, -0.05) is 0 Å². The molecule has 2 aliphatic heterocycles. The van der Waals surface area contributed by atoms with Crippen molar-refractivity contribution in [2.45, 2.75) is 57.1 Å². The van der Waals surface area contributed by atoms with Gasteiger partial charge in [-0.2, -0.15) is 5.26 Å². The van der Waals surface area contributed by atoms with E-state index in [9.17, 15) is 4.79 Å². The van der Waals surface area contributed by atoms with Crippen molar-refractivity contribution in [3.8, 4) is 6.07 Å². The zero-order chi connectivity index (χ0) is 12.1. The zero-order valence-corrected chi connectivity index (χ0v) is 10.2. The lowest BCUT2D eigenvalue weighted by molar-refractivity contribution is -0.137. The van der Waals surface area contributed by atoms with Gasteiger partial charge in [0.2, 0.25) is 5.91 Å². The Balaban J connectivity index is 1.87. The van der Waals surface area contributed by atoms with Gasteiger partial charge in [0.25, 0.3) is 0 Å². The Bertz CT molecular complexity index is 305. The van der Waals surface area contributed by atoms with Crippen LogP contribution in [0.1, 0.15) is 44.9 Å². The quantitative estimate of drug-likeness (QED) is 0.735. The summed E-state index contributed by atoms with van der Waals surface area (Å²) in [6.07, 6.45) is 6.69. The third-order valence-electron chi connectivity index (χ3n) is 3.65. The van der Waals surface area contributed by atoms with Crippen molar-refractivity contribution in [1.29, 1.82) is 5.26 Å². The molecular formula is C13H20N2O2. The van der Waals surface area contributed by atoms with E-state index in [1.165, 1.54) is 0 Å². The van der Waals surface area contributed by atoms with Gasteiger partial charge in [-0.3, -0.25) is 4.79 Å². The molecule has 2 aliphatic rings. The summed E-state index contributed by atoms with van der Waals surface area (Å²) in [4.78, 5) is 13.9. The van der Waals surface area contributed by atoms with Gasteiger partial charge in [-0.15, -0.1) is 0 Å². The van der Waals surface area contributed by atoms with E-state index in [1.807, 2.05) is 0 Å². The predicted molar refractivity (Wildman–Crippen MR) is 63.2 cm³/mol. The second-order valence-electron chi connectivity index (χ2n) is 4.92. The Morgan fingerprint density at radius 1 is 1.29 bits per heavy atom. The van der Waals surface area contributed by atoms with Crippen LogP contribution >= 0.6 is 0 Å². The number of likely N-dealkylation sites (tertiary alicyclic amines) is 1. The molecule has 0 saturated carbocycles. The van der Waals surface area contributed by atoms with Gasteiger partial charge >= 0.3 is 0 Å². The molecule has 2 saturated heterocycles. The number of hydrogen-bond acceptors (Lipinski definition) is 3. The number of amides is 1. The monoisotopic (exact) mass is 236 g/mol. The van der Waals surface area contributed by atoms with E-state index < -0.39 is 0 Å². The van der Waals surface area contributed by atoms with Crippen LogP contribution in [0.3, 0.4) is 0 Å². The number of piperidine rings is 1. The van der Waals surface area contributed by atoms with Gasteiger partial charge < -0.3 is 9.64 Å². The van der Waals surface area contributed by atoms with E-state index in [0.717, 1.165) is 51.7 Å². The summed E-state index contributed by atoms with van der Waals surface area (Å²) in [7, 11) is 0. The van der Waals surface area contributed by atoms with Crippen molar-refractivity contribution >= 4 is 5.91 Å². The minimum atomic E-state index is -0.208. The zero-order valence-electron chi connectivity index (χ0n) is 10.2. The molecule has 94 valence electrons. The van der Waals surface area contributed by atoms with E-state index in [1.54, 1.807) is 4.90 Å². The summed E-state index contributed by atoms with van der Waals surface area (Å²) in [5, 5.41) is 9.04. The highest BCUT2D eigenvalue weighted by molar-refractivity contribution is 5.77. The SMILES string of the molecule is N#CC1CCCCN1C(=O)CC1CCCCO1. The van der Waals surface area contributed by atoms with Crippen molar-refractivity contribution in [2.75, 3.05) is 13.2 Å². The molecule has 4 nitrogen and oxygen atoms in total. The molecule has 1 amide bonds. The average molecular weight is 236 g/mol. The summed E-state index contributed by atoms with van der Waals surface area (Å²) in [6.45, 7) is 1.52. The molecular weight excluding hydrogens is 216 g/mol. The smallest absolute Gasteiger partial charge is 0.226 e. The number of nitriles is 1. The van der Waals surface area contributed by atoms with Crippen LogP contribution < -0.4 is 0 Å². The van der Waals surface area contributed by atoms with Crippen molar-refractivity contribution < 1.29 is 9.53 Å². The summed E-state index contributed by atoms with van der Waals surface area (Å²) >= 11 is 0. The lowest BCUT2D eigenvalue weighted by Gasteiger charge is -2.33. The second kappa shape index (κ2) is 6.02. The largest absolute Gasteiger partial charge is 0.378 e. The highest BCUT2D eigenvalue weighted by Crippen LogP contribution is 2.21. The first-order valence-corrected chi connectivity index (χ1v) is 6.62. The molecule has 2 fully saturated rings. The Morgan fingerprint density at radius 2 is 2.12 bits per heavy atom. The van der Waals surface area contributed by atoms with Crippen LogP contribution in [-0.4, -0.2) is 36.1 Å². The van der Waals surface area contributed by atoms with Gasteiger partial charge in [0, 0.05) is 13.2 Å². The molecule has 0 radical (unpaired) electrons. The third-order valence-corrected chi connectivity index (χ3v) is 3.65. The minimum Gasteiger partial charge on any atom is -0.378 e. The lowest BCUT2D eigenvalue weighted by Crippen LogP contribution is -2.44. The van der Waals surface area contributed by atoms with Crippen molar-refractivity contribution in [3.05, 3.63) is 0 Å². The maximum Gasteiger partial charge on any atom is 0.226 e. The van der Waals surface area contributed by atoms with Gasteiger partial charge in [-0.05, 0) is 38.5 Å². The Hall–Kier alpha value is -1.08. The molecule has 0 aromatic rings. The maximum absolute atomic E-state index is 12.1. The standard InChI is InChI=1S/C13H20N2O2/c14-10-11-5-1-3-7-15(11)13(16)9-12-6-2-4-8-17-12/h11-12H,1-9H2. The number of carbonyl (C=O) groups is 1.